The minimum absolute atomic E-state index is 1.12. The molecule has 0 aromatic heterocycles. The summed E-state index contributed by atoms with van der Waals surface area (Å²) < 4.78 is 63.7. The molecule has 0 rings (SSSR count). The van der Waals surface area contributed by atoms with Crippen molar-refractivity contribution in [3.8, 4) is 0 Å². The van der Waals surface area contributed by atoms with Gasteiger partial charge in [0.2, 0.25) is 20.8 Å². The van der Waals surface area contributed by atoms with Gasteiger partial charge in [-0.15, -0.1) is 8.67 Å². The Morgan fingerprint density at radius 2 is 0.500 bits per heavy atom. The van der Waals surface area contributed by atoms with Gasteiger partial charge in [0.1, 0.15) is 0 Å². The molecule has 0 bridgehead atoms. The zero-order valence-corrected chi connectivity index (χ0v) is 35.8. The third-order valence-electron chi connectivity index (χ3n) is 8.56. The molecule has 10 nitrogen and oxygen atoms in total. The first-order valence-corrected chi connectivity index (χ1v) is 22.9. The van der Waals surface area contributed by atoms with Crippen LogP contribution in [0.15, 0.2) is 0 Å². The lowest BCUT2D eigenvalue weighted by molar-refractivity contribution is -0.870. The number of hydrogen-bond donors (Lipinski definition) is 0. The number of hydrogen-bond acceptors (Lipinski definition) is 8. The van der Waals surface area contributed by atoms with Crippen LogP contribution in [0.1, 0.15) is 194 Å². The van der Waals surface area contributed by atoms with Crippen molar-refractivity contribution in [3.63, 3.8) is 0 Å². The zero-order chi connectivity index (χ0) is 38.6. The quantitative estimate of drug-likeness (QED) is 0.0161. The van der Waals surface area contributed by atoms with E-state index < -0.39 is 20.8 Å². The molecule has 0 spiro atoms. The number of rotatable bonds is 33. The van der Waals surface area contributed by atoms with Gasteiger partial charge in [-0.05, 0) is 25.7 Å². The third-order valence-corrected chi connectivity index (χ3v) is 9.11. The molecule has 0 unspecified atom stereocenters. The van der Waals surface area contributed by atoms with Crippen molar-refractivity contribution >= 4 is 20.8 Å². The van der Waals surface area contributed by atoms with Crippen molar-refractivity contribution in [2.75, 3.05) is 55.4 Å². The summed E-state index contributed by atoms with van der Waals surface area (Å²) in [5.41, 5.74) is 0. The highest BCUT2D eigenvalue weighted by molar-refractivity contribution is 7.83. The molecule has 0 aliphatic rings. The molecule has 12 heteroatoms. The second kappa shape index (κ2) is 35.7. The standard InChI is InChI=1S/2C19H42N.H2O8S2/c2*1-5-6-7-8-9-10-11-12-13-14-15-16-17-18-19-20(2,3)4;1-9(2,3)7-8-10(4,5)6/h2*5-19H2,1-4H3;(H,1,2,3)(H,4,5,6)/q2*+1;/p-2. The van der Waals surface area contributed by atoms with Crippen molar-refractivity contribution < 1.29 is 43.6 Å². The second-order valence-corrected chi connectivity index (χ2v) is 18.1. The number of quaternary nitrogens is 2. The van der Waals surface area contributed by atoms with Gasteiger partial charge in [-0.25, -0.2) is 16.8 Å². The van der Waals surface area contributed by atoms with E-state index in [0.29, 0.717) is 0 Å². The lowest BCUT2D eigenvalue weighted by atomic mass is 10.0. The van der Waals surface area contributed by atoms with Gasteiger partial charge in [-0.3, -0.25) is 0 Å². The van der Waals surface area contributed by atoms with Crippen LogP contribution in [-0.2, 0) is 29.5 Å². The largest absolute Gasteiger partial charge is 0.724 e. The summed E-state index contributed by atoms with van der Waals surface area (Å²) in [6, 6.07) is 0. The fourth-order valence-electron chi connectivity index (χ4n) is 5.63. The van der Waals surface area contributed by atoms with Crippen molar-refractivity contribution in [2.24, 2.45) is 0 Å². The molecule has 0 saturated carbocycles. The Kier molecular flexibility index (Phi) is 38.5. The zero-order valence-electron chi connectivity index (χ0n) is 34.2. The monoisotopic (exact) mass is 761 g/mol. The maximum atomic E-state index is 9.37. The lowest BCUT2D eigenvalue weighted by Crippen LogP contribution is -2.35. The Morgan fingerprint density at radius 1 is 0.340 bits per heavy atom. The summed E-state index contributed by atoms with van der Waals surface area (Å²) >= 11 is 0. The number of unbranched alkanes of at least 4 members (excludes halogenated alkanes) is 26. The Labute approximate surface area is 312 Å². The molecule has 0 heterocycles. The van der Waals surface area contributed by atoms with E-state index in [1.807, 2.05) is 0 Å². The smallest absolute Gasteiger partial charge is 0.246 e. The first-order chi connectivity index (χ1) is 23.3. The first kappa shape index (κ1) is 54.0. The molecule has 0 aromatic carbocycles. The highest BCUT2D eigenvalue weighted by Gasteiger charge is 2.06. The van der Waals surface area contributed by atoms with Crippen molar-refractivity contribution in [3.05, 3.63) is 0 Å². The SMILES string of the molecule is CCCCCCCCCCCCCCCC[N+](C)(C)C.CCCCCCCCCCCCCCCC[N+](C)(C)C.O=S(=O)([O-])OOS(=O)(=O)[O-]. The van der Waals surface area contributed by atoms with Gasteiger partial charge in [0.15, 0.2) is 0 Å². The van der Waals surface area contributed by atoms with Gasteiger partial charge in [-0.2, -0.15) is 0 Å². The highest BCUT2D eigenvalue weighted by Crippen LogP contribution is 2.14. The Hall–Kier alpha value is -0.340. The molecule has 0 radical (unpaired) electrons. The van der Waals surface area contributed by atoms with Gasteiger partial charge >= 0.3 is 0 Å². The van der Waals surface area contributed by atoms with E-state index in [1.165, 1.54) is 193 Å². The molecule has 0 aliphatic carbocycles. The normalized spacial score (nSPS) is 12.3. The fourth-order valence-corrected chi connectivity index (χ4v) is 6.17. The molecule has 306 valence electrons. The topological polar surface area (TPSA) is 133 Å². The minimum Gasteiger partial charge on any atom is -0.724 e. The van der Waals surface area contributed by atoms with E-state index in [2.05, 4.69) is 64.8 Å². The number of nitrogens with zero attached hydrogens (tertiary/aromatic N) is 2. The van der Waals surface area contributed by atoms with E-state index in [-0.39, 0.29) is 0 Å². The third kappa shape index (κ3) is 62.8. The van der Waals surface area contributed by atoms with Gasteiger partial charge < -0.3 is 18.1 Å². The molecule has 0 aromatic rings. The van der Waals surface area contributed by atoms with E-state index >= 15 is 0 Å². The fraction of sp³-hybridized carbons (Fsp3) is 1.00. The second-order valence-electron chi connectivity index (χ2n) is 16.2. The van der Waals surface area contributed by atoms with Crippen LogP contribution in [0.4, 0.5) is 0 Å². The first-order valence-electron chi connectivity index (χ1n) is 20.2. The van der Waals surface area contributed by atoms with Crippen LogP contribution >= 0.6 is 0 Å². The molecule has 50 heavy (non-hydrogen) atoms. The Bertz CT molecular complexity index is 829. The summed E-state index contributed by atoms with van der Waals surface area (Å²) in [6.45, 7) is 7.25. The minimum atomic E-state index is -5.31. The van der Waals surface area contributed by atoms with Crippen LogP contribution in [-0.4, -0.2) is 90.3 Å². The van der Waals surface area contributed by atoms with Gasteiger partial charge in [-0.1, -0.05) is 168 Å². The summed E-state index contributed by atoms with van der Waals surface area (Å²) in [6.07, 6.45) is 40.7. The molecule has 0 atom stereocenters. The van der Waals surface area contributed by atoms with Gasteiger partial charge in [0.25, 0.3) is 0 Å². The van der Waals surface area contributed by atoms with Crippen LogP contribution in [0, 0.1) is 0 Å². The average Bonchev–Trinajstić information content (AvgIpc) is 2.99. The van der Waals surface area contributed by atoms with Gasteiger partial charge in [0, 0.05) is 0 Å². The Morgan fingerprint density at radius 3 is 0.640 bits per heavy atom. The average molecular weight is 761 g/mol. The van der Waals surface area contributed by atoms with Crippen molar-refractivity contribution in [1.82, 2.24) is 0 Å². The summed E-state index contributed by atoms with van der Waals surface area (Å²) in [5.74, 6) is 0. The maximum absolute atomic E-state index is 9.37. The maximum Gasteiger partial charge on any atom is 0.246 e. The Balaban J connectivity index is -0.000000701. The molecular formula is C38H84N2O8S2. The molecular weight excluding hydrogens is 677 g/mol. The molecule has 0 aliphatic heterocycles. The predicted octanol–water partition coefficient (Wildman–Crippen LogP) is 10.2. The van der Waals surface area contributed by atoms with Crippen LogP contribution in [0.5, 0.6) is 0 Å². The van der Waals surface area contributed by atoms with E-state index in [0.717, 1.165) is 8.97 Å². The summed E-state index contributed by atoms with van der Waals surface area (Å²) in [5, 5.41) is 0. The molecule has 0 amide bonds. The predicted molar refractivity (Wildman–Crippen MR) is 208 cm³/mol. The molecule has 0 fully saturated rings. The van der Waals surface area contributed by atoms with Crippen LogP contribution in [0.3, 0.4) is 0 Å². The van der Waals surface area contributed by atoms with E-state index in [1.54, 1.807) is 0 Å². The van der Waals surface area contributed by atoms with E-state index in [4.69, 9.17) is 0 Å². The lowest BCUT2D eigenvalue weighted by Gasteiger charge is -2.23. The van der Waals surface area contributed by atoms with Crippen molar-refractivity contribution in [2.45, 2.75) is 194 Å². The van der Waals surface area contributed by atoms with E-state index in [9.17, 15) is 25.9 Å². The summed E-state index contributed by atoms with van der Waals surface area (Å²) in [4.78, 5) is 0. The molecule has 0 N–H and O–H groups in total. The molecule has 0 saturated heterocycles. The van der Waals surface area contributed by atoms with Crippen LogP contribution in [0.25, 0.3) is 0 Å². The van der Waals surface area contributed by atoms with Crippen molar-refractivity contribution in [1.29, 1.82) is 0 Å². The van der Waals surface area contributed by atoms with Crippen LogP contribution < -0.4 is 0 Å². The van der Waals surface area contributed by atoms with Gasteiger partial charge in [0.05, 0.1) is 55.4 Å². The van der Waals surface area contributed by atoms with Crippen LogP contribution in [0.2, 0.25) is 0 Å². The highest BCUT2D eigenvalue weighted by atomic mass is 32.3. The summed E-state index contributed by atoms with van der Waals surface area (Å²) in [7, 11) is 3.15.